The molecule has 0 spiro atoms. The van der Waals surface area contributed by atoms with E-state index in [0.29, 0.717) is 40.4 Å². The normalized spacial score (nSPS) is 25.2. The molecule has 0 amide bonds. The van der Waals surface area contributed by atoms with Gasteiger partial charge in [0, 0.05) is 18.7 Å². The molecule has 5 nitrogen and oxygen atoms in total. The van der Waals surface area contributed by atoms with E-state index in [1.807, 2.05) is 11.0 Å². The van der Waals surface area contributed by atoms with Gasteiger partial charge >= 0.3 is 0 Å². The Kier molecular flexibility index (Phi) is 4.03. The standard InChI is InChI=1S/C18H15F3N4OS/c19-10-3-4-25(8-10)18-15(26-18)23-11-6-14-17(22-7-11)27-16(24-14)9-1-2-12(20)13(21)5-9/h1-2,5-7,10,15,18,23H,3-4,8H2/t10-,15?,18?/m0/s1. The van der Waals surface area contributed by atoms with Gasteiger partial charge in [0.2, 0.25) is 0 Å². The molecule has 4 heterocycles. The van der Waals surface area contributed by atoms with Gasteiger partial charge in [-0.2, -0.15) is 0 Å². The van der Waals surface area contributed by atoms with Gasteiger partial charge in [-0.3, -0.25) is 4.90 Å². The monoisotopic (exact) mass is 392 g/mol. The fourth-order valence-corrected chi connectivity index (χ4v) is 4.17. The number of nitrogens with one attached hydrogen (secondary N) is 1. The van der Waals surface area contributed by atoms with Crippen molar-refractivity contribution in [2.24, 2.45) is 0 Å². The van der Waals surface area contributed by atoms with Crippen LogP contribution in [0.25, 0.3) is 20.9 Å². The predicted molar refractivity (Wildman–Crippen MR) is 96.1 cm³/mol. The van der Waals surface area contributed by atoms with Crippen molar-refractivity contribution in [2.75, 3.05) is 18.4 Å². The summed E-state index contributed by atoms with van der Waals surface area (Å²) in [7, 11) is 0. The summed E-state index contributed by atoms with van der Waals surface area (Å²) in [5.74, 6) is -1.79. The Morgan fingerprint density at radius 2 is 2.11 bits per heavy atom. The second-order valence-corrected chi connectivity index (χ2v) is 7.65. The minimum absolute atomic E-state index is 0.116. The lowest BCUT2D eigenvalue weighted by Gasteiger charge is -2.10. The van der Waals surface area contributed by atoms with E-state index in [0.717, 1.165) is 17.8 Å². The van der Waals surface area contributed by atoms with Crippen molar-refractivity contribution in [3.05, 3.63) is 42.1 Å². The Hall–Kier alpha value is -2.23. The van der Waals surface area contributed by atoms with Gasteiger partial charge in [-0.15, -0.1) is 0 Å². The molecular formula is C18H15F3N4OS. The molecule has 3 aromatic rings. The van der Waals surface area contributed by atoms with E-state index in [-0.39, 0.29) is 12.5 Å². The number of anilines is 1. The third kappa shape index (κ3) is 3.26. The van der Waals surface area contributed by atoms with Crippen molar-refractivity contribution < 1.29 is 17.9 Å². The molecule has 140 valence electrons. The quantitative estimate of drug-likeness (QED) is 0.685. The smallest absolute Gasteiger partial charge is 0.170 e. The van der Waals surface area contributed by atoms with Crippen LogP contribution < -0.4 is 5.32 Å². The van der Waals surface area contributed by atoms with Gasteiger partial charge in [0.1, 0.15) is 21.5 Å². The third-order valence-electron chi connectivity index (χ3n) is 4.71. The Morgan fingerprint density at radius 3 is 2.89 bits per heavy atom. The first kappa shape index (κ1) is 16.9. The van der Waals surface area contributed by atoms with Crippen LogP contribution in [-0.4, -0.2) is 46.6 Å². The maximum absolute atomic E-state index is 13.5. The van der Waals surface area contributed by atoms with Crippen molar-refractivity contribution in [1.29, 1.82) is 0 Å². The van der Waals surface area contributed by atoms with Gasteiger partial charge in [0.15, 0.2) is 24.1 Å². The highest BCUT2D eigenvalue weighted by molar-refractivity contribution is 7.21. The molecule has 2 saturated heterocycles. The lowest BCUT2D eigenvalue weighted by Crippen LogP contribution is -2.27. The molecule has 3 atom stereocenters. The first-order valence-corrected chi connectivity index (χ1v) is 9.40. The average molecular weight is 392 g/mol. The van der Waals surface area contributed by atoms with Gasteiger partial charge in [-0.25, -0.2) is 23.1 Å². The van der Waals surface area contributed by atoms with Crippen LogP contribution in [0.1, 0.15) is 6.42 Å². The van der Waals surface area contributed by atoms with E-state index in [4.69, 9.17) is 4.74 Å². The number of aromatic nitrogens is 2. The molecule has 2 aliphatic rings. The zero-order chi connectivity index (χ0) is 18.5. The van der Waals surface area contributed by atoms with Crippen molar-refractivity contribution in [1.82, 2.24) is 14.9 Å². The van der Waals surface area contributed by atoms with E-state index in [2.05, 4.69) is 15.3 Å². The minimum atomic E-state index is -0.906. The number of nitrogens with zero attached hydrogens (tertiary/aromatic N) is 3. The summed E-state index contributed by atoms with van der Waals surface area (Å²) in [4.78, 5) is 11.5. The number of alkyl halides is 1. The molecule has 0 saturated carbocycles. The molecule has 2 aromatic heterocycles. The number of rotatable bonds is 4. The lowest BCUT2D eigenvalue weighted by molar-refractivity contribution is 0.196. The molecule has 0 aliphatic carbocycles. The number of ether oxygens (including phenoxy) is 1. The molecule has 1 N–H and O–H groups in total. The van der Waals surface area contributed by atoms with Crippen LogP contribution >= 0.6 is 11.3 Å². The highest BCUT2D eigenvalue weighted by Gasteiger charge is 2.46. The van der Waals surface area contributed by atoms with E-state index >= 15 is 0 Å². The SMILES string of the molecule is Fc1ccc(-c2nc3cc(NC4OC4N4CC[C@H](F)C4)cnc3s2)cc1F. The number of hydrogen-bond acceptors (Lipinski definition) is 6. The topological polar surface area (TPSA) is 53.6 Å². The summed E-state index contributed by atoms with van der Waals surface area (Å²) in [6, 6.07) is 5.54. The largest absolute Gasteiger partial charge is 0.355 e. The van der Waals surface area contributed by atoms with Crippen molar-refractivity contribution >= 4 is 27.4 Å². The van der Waals surface area contributed by atoms with Gasteiger partial charge in [-0.1, -0.05) is 11.3 Å². The molecule has 5 rings (SSSR count). The van der Waals surface area contributed by atoms with Crippen LogP contribution in [0.4, 0.5) is 18.9 Å². The van der Waals surface area contributed by atoms with Crippen LogP contribution in [0.5, 0.6) is 0 Å². The number of pyridine rings is 1. The fraction of sp³-hybridized carbons (Fsp3) is 0.333. The van der Waals surface area contributed by atoms with Crippen molar-refractivity contribution in [3.63, 3.8) is 0 Å². The van der Waals surface area contributed by atoms with Gasteiger partial charge in [-0.05, 0) is 30.7 Å². The summed E-state index contributed by atoms with van der Waals surface area (Å²) in [6.07, 6.45) is 1.13. The third-order valence-corrected chi connectivity index (χ3v) is 5.74. The second-order valence-electron chi connectivity index (χ2n) is 6.67. The first-order valence-electron chi connectivity index (χ1n) is 8.59. The van der Waals surface area contributed by atoms with Crippen LogP contribution in [0.2, 0.25) is 0 Å². The van der Waals surface area contributed by atoms with E-state index in [1.165, 1.54) is 17.4 Å². The van der Waals surface area contributed by atoms with Gasteiger partial charge < -0.3 is 10.1 Å². The van der Waals surface area contributed by atoms with Crippen molar-refractivity contribution in [2.45, 2.75) is 25.0 Å². The average Bonchev–Trinajstić information content (AvgIpc) is 3.07. The first-order chi connectivity index (χ1) is 13.1. The molecule has 0 bridgehead atoms. The lowest BCUT2D eigenvalue weighted by atomic mass is 10.2. The number of halogens is 3. The Bertz CT molecular complexity index is 1010. The summed E-state index contributed by atoms with van der Waals surface area (Å²) >= 11 is 1.31. The Balaban J connectivity index is 1.33. The van der Waals surface area contributed by atoms with E-state index in [9.17, 15) is 13.2 Å². The number of benzene rings is 1. The molecule has 0 radical (unpaired) electrons. The zero-order valence-corrected chi connectivity index (χ0v) is 14.8. The predicted octanol–water partition coefficient (Wildman–Crippen LogP) is 3.77. The van der Waals surface area contributed by atoms with Gasteiger partial charge in [0.25, 0.3) is 0 Å². The summed E-state index contributed by atoms with van der Waals surface area (Å²) in [6.45, 7) is 1.11. The van der Waals surface area contributed by atoms with Crippen LogP contribution in [0.15, 0.2) is 30.5 Å². The highest BCUT2D eigenvalue weighted by atomic mass is 32.1. The number of likely N-dealkylation sites (tertiary alicyclic amines) is 1. The van der Waals surface area contributed by atoms with E-state index < -0.39 is 17.8 Å². The molecule has 1 aromatic carbocycles. The zero-order valence-electron chi connectivity index (χ0n) is 14.0. The molecule has 27 heavy (non-hydrogen) atoms. The molecule has 2 aliphatic heterocycles. The second kappa shape index (κ2) is 6.43. The number of fused-ring (bicyclic) bond motifs is 1. The maximum atomic E-state index is 13.5. The fourth-order valence-electron chi connectivity index (χ4n) is 3.28. The number of epoxide rings is 1. The van der Waals surface area contributed by atoms with Crippen LogP contribution in [-0.2, 0) is 4.74 Å². The minimum Gasteiger partial charge on any atom is -0.355 e. The van der Waals surface area contributed by atoms with Crippen molar-refractivity contribution in [3.8, 4) is 10.6 Å². The van der Waals surface area contributed by atoms with Crippen LogP contribution in [0, 0.1) is 11.6 Å². The molecule has 2 fully saturated rings. The summed E-state index contributed by atoms with van der Waals surface area (Å²) in [5.41, 5.74) is 1.91. The Labute approximate surface area is 156 Å². The molecule has 2 unspecified atom stereocenters. The van der Waals surface area contributed by atoms with E-state index in [1.54, 1.807) is 6.20 Å². The number of hydrogen-bond donors (Lipinski definition) is 1. The highest BCUT2D eigenvalue weighted by Crippen LogP contribution is 2.33. The molecule has 9 heteroatoms. The maximum Gasteiger partial charge on any atom is 0.170 e. The Morgan fingerprint density at radius 1 is 1.22 bits per heavy atom. The van der Waals surface area contributed by atoms with Gasteiger partial charge in [0.05, 0.1) is 11.9 Å². The van der Waals surface area contributed by atoms with Crippen LogP contribution in [0.3, 0.4) is 0 Å². The number of thiazole rings is 1. The molecular weight excluding hydrogens is 377 g/mol. The summed E-state index contributed by atoms with van der Waals surface area (Å²) in [5, 5.41) is 3.79. The summed E-state index contributed by atoms with van der Waals surface area (Å²) < 4.78 is 45.5.